The van der Waals surface area contributed by atoms with E-state index in [2.05, 4.69) is 44.4 Å². The fraction of sp³-hybridized carbons (Fsp3) is 1.00. The molecular formula is C18H36N2. The highest BCUT2D eigenvalue weighted by molar-refractivity contribution is 4.86. The average Bonchev–Trinajstić information content (AvgIpc) is 2.38. The first-order chi connectivity index (χ1) is 9.40. The van der Waals surface area contributed by atoms with Crippen LogP contribution in [0.3, 0.4) is 0 Å². The highest BCUT2D eigenvalue weighted by Crippen LogP contribution is 2.38. The minimum atomic E-state index is 0.484. The normalized spacial score (nSPS) is 31.6. The molecule has 0 aliphatic carbocycles. The van der Waals surface area contributed by atoms with Crippen LogP contribution in [0.5, 0.6) is 0 Å². The molecule has 0 N–H and O–H groups in total. The van der Waals surface area contributed by atoms with Crippen LogP contribution >= 0.6 is 0 Å². The van der Waals surface area contributed by atoms with Gasteiger partial charge in [0.15, 0.2) is 0 Å². The minimum Gasteiger partial charge on any atom is -0.304 e. The topological polar surface area (TPSA) is 6.48 Å². The number of nitrogens with zero attached hydrogens (tertiary/aromatic N) is 2. The summed E-state index contributed by atoms with van der Waals surface area (Å²) in [7, 11) is 0. The lowest BCUT2D eigenvalue weighted by atomic mass is 9.70. The lowest BCUT2D eigenvalue weighted by Crippen LogP contribution is -2.46. The molecule has 0 bridgehead atoms. The van der Waals surface area contributed by atoms with Crippen molar-refractivity contribution in [1.29, 1.82) is 0 Å². The predicted octanol–water partition coefficient (Wildman–Crippen LogP) is 3.72. The van der Waals surface area contributed by atoms with Gasteiger partial charge in [0.1, 0.15) is 0 Å². The molecule has 0 aromatic rings. The SMILES string of the molecule is CCN1CCC(CN2CCC(C(C)(C)C)C(C)C2)CC1. The van der Waals surface area contributed by atoms with Crippen LogP contribution in [-0.2, 0) is 0 Å². The van der Waals surface area contributed by atoms with Crippen LogP contribution in [0.2, 0.25) is 0 Å². The van der Waals surface area contributed by atoms with E-state index in [4.69, 9.17) is 0 Å². The van der Waals surface area contributed by atoms with Gasteiger partial charge in [0, 0.05) is 13.1 Å². The summed E-state index contributed by atoms with van der Waals surface area (Å²) in [6, 6.07) is 0. The molecule has 2 nitrogen and oxygen atoms in total. The van der Waals surface area contributed by atoms with E-state index in [0.29, 0.717) is 5.41 Å². The summed E-state index contributed by atoms with van der Waals surface area (Å²) in [6.45, 7) is 19.9. The molecule has 2 aliphatic rings. The Labute approximate surface area is 126 Å². The molecule has 2 unspecified atom stereocenters. The molecule has 0 radical (unpaired) electrons. The van der Waals surface area contributed by atoms with Crippen molar-refractivity contribution in [3.05, 3.63) is 0 Å². The molecule has 20 heavy (non-hydrogen) atoms. The Morgan fingerprint density at radius 3 is 2.05 bits per heavy atom. The second-order valence-electron chi connectivity index (χ2n) is 8.38. The summed E-state index contributed by atoms with van der Waals surface area (Å²) in [6.07, 6.45) is 4.24. The molecule has 2 atom stereocenters. The molecule has 0 amide bonds. The van der Waals surface area contributed by atoms with Crippen molar-refractivity contribution in [2.45, 2.75) is 53.9 Å². The second-order valence-corrected chi connectivity index (χ2v) is 8.38. The fourth-order valence-electron chi connectivity index (χ4n) is 4.53. The zero-order valence-electron chi connectivity index (χ0n) is 14.5. The molecule has 2 saturated heterocycles. The van der Waals surface area contributed by atoms with Crippen LogP contribution in [0.1, 0.15) is 53.9 Å². The van der Waals surface area contributed by atoms with Crippen molar-refractivity contribution in [1.82, 2.24) is 9.80 Å². The largest absolute Gasteiger partial charge is 0.304 e. The van der Waals surface area contributed by atoms with Crippen molar-refractivity contribution < 1.29 is 0 Å². The molecule has 0 spiro atoms. The Balaban J connectivity index is 1.76. The fourth-order valence-corrected chi connectivity index (χ4v) is 4.53. The van der Waals surface area contributed by atoms with E-state index in [1.54, 1.807) is 0 Å². The highest BCUT2D eigenvalue weighted by Gasteiger charge is 2.34. The van der Waals surface area contributed by atoms with E-state index in [9.17, 15) is 0 Å². The maximum Gasteiger partial charge on any atom is 0.00107 e. The molecule has 0 saturated carbocycles. The lowest BCUT2D eigenvalue weighted by molar-refractivity contribution is 0.0440. The average molecular weight is 281 g/mol. The van der Waals surface area contributed by atoms with Gasteiger partial charge in [-0.25, -0.2) is 0 Å². The van der Waals surface area contributed by atoms with Gasteiger partial charge in [-0.3, -0.25) is 0 Å². The van der Waals surface area contributed by atoms with Crippen LogP contribution in [-0.4, -0.2) is 49.1 Å². The van der Waals surface area contributed by atoms with Gasteiger partial charge < -0.3 is 9.80 Å². The highest BCUT2D eigenvalue weighted by atomic mass is 15.2. The molecule has 2 rings (SSSR count). The first-order valence-corrected chi connectivity index (χ1v) is 8.85. The Morgan fingerprint density at radius 1 is 0.950 bits per heavy atom. The van der Waals surface area contributed by atoms with Crippen LogP contribution in [0.15, 0.2) is 0 Å². The van der Waals surface area contributed by atoms with E-state index in [1.165, 1.54) is 58.5 Å². The summed E-state index contributed by atoms with van der Waals surface area (Å²) < 4.78 is 0. The predicted molar refractivity (Wildman–Crippen MR) is 88.0 cm³/mol. The summed E-state index contributed by atoms with van der Waals surface area (Å²) in [4.78, 5) is 5.37. The van der Waals surface area contributed by atoms with Gasteiger partial charge >= 0.3 is 0 Å². The summed E-state index contributed by atoms with van der Waals surface area (Å²) in [5.74, 6) is 2.72. The molecule has 2 heterocycles. The van der Waals surface area contributed by atoms with E-state index >= 15 is 0 Å². The number of likely N-dealkylation sites (tertiary alicyclic amines) is 2. The van der Waals surface area contributed by atoms with Crippen LogP contribution < -0.4 is 0 Å². The van der Waals surface area contributed by atoms with Gasteiger partial charge in [-0.2, -0.15) is 0 Å². The van der Waals surface area contributed by atoms with Gasteiger partial charge in [-0.15, -0.1) is 0 Å². The third-order valence-electron chi connectivity index (χ3n) is 5.77. The maximum atomic E-state index is 2.76. The monoisotopic (exact) mass is 280 g/mol. The van der Waals surface area contributed by atoms with Crippen molar-refractivity contribution in [2.24, 2.45) is 23.2 Å². The third-order valence-corrected chi connectivity index (χ3v) is 5.77. The van der Waals surface area contributed by atoms with Gasteiger partial charge in [0.05, 0.1) is 0 Å². The molecular weight excluding hydrogens is 244 g/mol. The number of piperidine rings is 2. The first-order valence-electron chi connectivity index (χ1n) is 8.85. The zero-order valence-corrected chi connectivity index (χ0v) is 14.5. The smallest absolute Gasteiger partial charge is 0.00107 e. The minimum absolute atomic E-state index is 0.484. The first kappa shape index (κ1) is 16.3. The molecule has 0 aromatic heterocycles. The molecule has 118 valence electrons. The number of rotatable bonds is 3. The van der Waals surface area contributed by atoms with Gasteiger partial charge in [-0.05, 0) is 68.6 Å². The molecule has 0 aromatic carbocycles. The number of hydrogen-bond acceptors (Lipinski definition) is 2. The summed E-state index contributed by atoms with van der Waals surface area (Å²) >= 11 is 0. The van der Waals surface area contributed by atoms with Crippen molar-refractivity contribution in [3.63, 3.8) is 0 Å². The van der Waals surface area contributed by atoms with Crippen LogP contribution in [0, 0.1) is 23.2 Å². The van der Waals surface area contributed by atoms with Gasteiger partial charge in [0.25, 0.3) is 0 Å². The zero-order chi connectivity index (χ0) is 14.8. The van der Waals surface area contributed by atoms with Gasteiger partial charge in [0.2, 0.25) is 0 Å². The summed E-state index contributed by atoms with van der Waals surface area (Å²) in [5, 5.41) is 0. The maximum absolute atomic E-state index is 2.76. The number of hydrogen-bond donors (Lipinski definition) is 0. The van der Waals surface area contributed by atoms with Crippen molar-refractivity contribution >= 4 is 0 Å². The van der Waals surface area contributed by atoms with E-state index < -0.39 is 0 Å². The quantitative estimate of drug-likeness (QED) is 0.777. The van der Waals surface area contributed by atoms with Crippen molar-refractivity contribution in [3.8, 4) is 0 Å². The Morgan fingerprint density at radius 2 is 1.55 bits per heavy atom. The van der Waals surface area contributed by atoms with E-state index in [1.807, 2.05) is 0 Å². The van der Waals surface area contributed by atoms with E-state index in [0.717, 1.165) is 17.8 Å². The molecule has 2 heteroatoms. The van der Waals surface area contributed by atoms with Crippen LogP contribution in [0.4, 0.5) is 0 Å². The molecule has 2 fully saturated rings. The standard InChI is InChI=1S/C18H36N2/c1-6-19-10-7-16(8-11-19)14-20-12-9-17(15(2)13-20)18(3,4)5/h15-17H,6-14H2,1-5H3. The van der Waals surface area contributed by atoms with Crippen LogP contribution in [0.25, 0.3) is 0 Å². The second kappa shape index (κ2) is 6.79. The summed E-state index contributed by atoms with van der Waals surface area (Å²) in [5.41, 5.74) is 0.484. The Kier molecular flexibility index (Phi) is 5.53. The lowest BCUT2D eigenvalue weighted by Gasteiger charge is -2.44. The Hall–Kier alpha value is -0.0800. The van der Waals surface area contributed by atoms with Crippen molar-refractivity contribution in [2.75, 3.05) is 39.3 Å². The Bertz CT molecular complexity index is 286. The van der Waals surface area contributed by atoms with Gasteiger partial charge in [-0.1, -0.05) is 34.6 Å². The molecule has 2 aliphatic heterocycles. The third kappa shape index (κ3) is 4.21. The van der Waals surface area contributed by atoms with E-state index in [-0.39, 0.29) is 0 Å².